The van der Waals surface area contributed by atoms with Gasteiger partial charge in [0.05, 0.1) is 6.10 Å². The molecule has 2 atom stereocenters. The van der Waals surface area contributed by atoms with Gasteiger partial charge in [-0.1, -0.05) is 57.1 Å². The van der Waals surface area contributed by atoms with Gasteiger partial charge in [-0.2, -0.15) is 0 Å². The van der Waals surface area contributed by atoms with Crippen LogP contribution in [0.15, 0.2) is 11.6 Å². The lowest BCUT2D eigenvalue weighted by Gasteiger charge is -2.16. The van der Waals surface area contributed by atoms with Crippen LogP contribution < -0.4 is 0 Å². The van der Waals surface area contributed by atoms with E-state index in [4.69, 9.17) is 5.11 Å². The Morgan fingerprint density at radius 2 is 1.92 bits per heavy atom. The Kier molecular flexibility index (Phi) is 10.6. The molecule has 1 aliphatic rings. The fraction of sp³-hybridized carbons (Fsp3) is 0.800. The van der Waals surface area contributed by atoms with Gasteiger partial charge in [0.25, 0.3) is 0 Å². The lowest BCUT2D eigenvalue weighted by molar-refractivity contribution is -0.137. The Morgan fingerprint density at radius 3 is 2.62 bits per heavy atom. The second-order valence-electron chi connectivity index (χ2n) is 7.04. The molecule has 2 N–H and O–H groups in total. The molecule has 0 saturated heterocycles. The number of carbonyl (C=O) groups excluding carboxylic acids is 1. The van der Waals surface area contributed by atoms with E-state index in [2.05, 4.69) is 13.0 Å². The van der Waals surface area contributed by atoms with E-state index < -0.39 is 5.97 Å². The van der Waals surface area contributed by atoms with Gasteiger partial charge in [0, 0.05) is 18.8 Å². The van der Waals surface area contributed by atoms with Crippen molar-refractivity contribution < 1.29 is 19.8 Å². The van der Waals surface area contributed by atoms with Gasteiger partial charge in [0.15, 0.2) is 0 Å². The van der Waals surface area contributed by atoms with E-state index in [1.807, 2.05) is 0 Å². The van der Waals surface area contributed by atoms with Gasteiger partial charge in [0.1, 0.15) is 5.78 Å². The van der Waals surface area contributed by atoms with Gasteiger partial charge in [-0.15, -0.1) is 0 Å². The smallest absolute Gasteiger partial charge is 0.303 e. The van der Waals surface area contributed by atoms with Crippen LogP contribution in [-0.4, -0.2) is 28.1 Å². The van der Waals surface area contributed by atoms with Crippen molar-refractivity contribution in [1.82, 2.24) is 0 Å². The third kappa shape index (κ3) is 8.62. The highest BCUT2D eigenvalue weighted by Crippen LogP contribution is 2.31. The van der Waals surface area contributed by atoms with E-state index in [1.54, 1.807) is 0 Å². The van der Waals surface area contributed by atoms with Gasteiger partial charge in [-0.25, -0.2) is 0 Å². The highest BCUT2D eigenvalue weighted by atomic mass is 16.4. The molecule has 0 radical (unpaired) electrons. The number of aliphatic hydroxyl groups excluding tert-OH is 1. The van der Waals surface area contributed by atoms with Crippen LogP contribution >= 0.6 is 0 Å². The molecule has 1 rings (SSSR count). The zero-order valence-corrected chi connectivity index (χ0v) is 15.1. The summed E-state index contributed by atoms with van der Waals surface area (Å²) in [6.45, 7) is 2.16. The van der Waals surface area contributed by atoms with E-state index >= 15 is 0 Å². The molecule has 0 aromatic rings. The first-order valence-corrected chi connectivity index (χ1v) is 9.66. The monoisotopic (exact) mass is 338 g/mol. The Hall–Kier alpha value is -1.16. The highest BCUT2D eigenvalue weighted by molar-refractivity contribution is 5.88. The first kappa shape index (κ1) is 20.9. The zero-order valence-electron chi connectivity index (χ0n) is 15.1. The molecule has 4 heteroatoms. The molecule has 0 heterocycles. The summed E-state index contributed by atoms with van der Waals surface area (Å²) in [7, 11) is 0. The third-order valence-electron chi connectivity index (χ3n) is 4.94. The number of carboxylic acid groups (broad SMARTS) is 1. The number of aliphatic carboxylic acids is 1. The standard InChI is InChI=1S/C20H34O4/c1-2-3-6-9-17(21)14-12-16-13-15-19(22)18(16)10-7-4-5-8-11-20(23)24/h13,17-18,21H,2-12,14-15H2,1H3,(H,23,24)/t17?,18-/m1/s1. The maximum absolute atomic E-state index is 12.1. The number of ketones is 1. The number of hydrogen-bond acceptors (Lipinski definition) is 3. The number of rotatable bonds is 14. The topological polar surface area (TPSA) is 74.6 Å². The molecule has 0 saturated carbocycles. The number of aliphatic hydroxyl groups is 1. The maximum Gasteiger partial charge on any atom is 0.303 e. The molecule has 0 aliphatic heterocycles. The van der Waals surface area contributed by atoms with Crippen LogP contribution in [0.3, 0.4) is 0 Å². The molecule has 1 unspecified atom stereocenters. The van der Waals surface area contributed by atoms with Gasteiger partial charge in [0.2, 0.25) is 0 Å². The van der Waals surface area contributed by atoms with Crippen LogP contribution in [0.25, 0.3) is 0 Å². The molecule has 0 aromatic carbocycles. The van der Waals surface area contributed by atoms with Crippen molar-refractivity contribution in [2.24, 2.45) is 5.92 Å². The zero-order chi connectivity index (χ0) is 17.8. The largest absolute Gasteiger partial charge is 0.481 e. The van der Waals surface area contributed by atoms with Crippen molar-refractivity contribution in [3.05, 3.63) is 11.6 Å². The Balaban J connectivity index is 2.21. The molecule has 24 heavy (non-hydrogen) atoms. The summed E-state index contributed by atoms with van der Waals surface area (Å²) in [5.41, 5.74) is 1.22. The summed E-state index contributed by atoms with van der Waals surface area (Å²) >= 11 is 0. The fourth-order valence-corrected chi connectivity index (χ4v) is 3.43. The molecular formula is C20H34O4. The minimum atomic E-state index is -0.733. The Morgan fingerprint density at radius 1 is 1.17 bits per heavy atom. The molecule has 1 aliphatic carbocycles. The lowest BCUT2D eigenvalue weighted by atomic mass is 9.90. The number of Topliss-reactive ketones (excluding diaryl/α,β-unsaturated/α-hetero) is 1. The summed E-state index contributed by atoms with van der Waals surface area (Å²) in [5.74, 6) is -0.369. The predicted molar refractivity (Wildman–Crippen MR) is 95.9 cm³/mol. The van der Waals surface area contributed by atoms with Crippen molar-refractivity contribution in [2.75, 3.05) is 0 Å². The normalized spacial score (nSPS) is 18.7. The molecule has 0 fully saturated rings. The lowest BCUT2D eigenvalue weighted by Crippen LogP contribution is -2.13. The summed E-state index contributed by atoms with van der Waals surface area (Å²) in [6, 6.07) is 0. The number of allylic oxidation sites excluding steroid dienone is 2. The molecular weight excluding hydrogens is 304 g/mol. The van der Waals surface area contributed by atoms with Crippen LogP contribution in [0, 0.1) is 5.92 Å². The minimum absolute atomic E-state index is 0.0484. The van der Waals surface area contributed by atoms with E-state index in [-0.39, 0.29) is 18.4 Å². The first-order chi connectivity index (χ1) is 11.5. The van der Waals surface area contributed by atoms with Crippen molar-refractivity contribution in [3.8, 4) is 0 Å². The summed E-state index contributed by atoms with van der Waals surface area (Å²) in [6.07, 6.45) is 13.0. The highest BCUT2D eigenvalue weighted by Gasteiger charge is 2.26. The van der Waals surface area contributed by atoms with Gasteiger partial charge in [-0.05, 0) is 32.1 Å². The van der Waals surface area contributed by atoms with E-state index in [9.17, 15) is 14.7 Å². The third-order valence-corrected chi connectivity index (χ3v) is 4.94. The fourth-order valence-electron chi connectivity index (χ4n) is 3.43. The number of hydrogen-bond donors (Lipinski definition) is 2. The first-order valence-electron chi connectivity index (χ1n) is 9.66. The van der Waals surface area contributed by atoms with Crippen molar-refractivity contribution in [1.29, 1.82) is 0 Å². The molecule has 0 bridgehead atoms. The number of carboxylic acids is 1. The van der Waals surface area contributed by atoms with Gasteiger partial charge in [-0.3, -0.25) is 9.59 Å². The van der Waals surface area contributed by atoms with Crippen LogP contribution in [-0.2, 0) is 9.59 Å². The molecule has 0 spiro atoms. The van der Waals surface area contributed by atoms with Crippen LogP contribution in [0.1, 0.15) is 90.4 Å². The predicted octanol–water partition coefficient (Wildman–Crippen LogP) is 4.65. The molecule has 4 nitrogen and oxygen atoms in total. The molecule has 138 valence electrons. The van der Waals surface area contributed by atoms with Gasteiger partial charge >= 0.3 is 5.97 Å². The van der Waals surface area contributed by atoms with Crippen LogP contribution in [0.2, 0.25) is 0 Å². The van der Waals surface area contributed by atoms with Crippen molar-refractivity contribution in [2.45, 2.75) is 96.5 Å². The number of unbranched alkanes of at least 4 members (excludes halogenated alkanes) is 5. The SMILES string of the molecule is CCCCCC(O)CCC1=CCC(=O)[C@@H]1CCCCCCC(=O)O. The van der Waals surface area contributed by atoms with E-state index in [1.165, 1.54) is 18.4 Å². The second-order valence-corrected chi connectivity index (χ2v) is 7.04. The van der Waals surface area contributed by atoms with Crippen LogP contribution in [0.4, 0.5) is 0 Å². The van der Waals surface area contributed by atoms with Crippen molar-refractivity contribution in [3.63, 3.8) is 0 Å². The summed E-state index contributed by atoms with van der Waals surface area (Å²) < 4.78 is 0. The Bertz CT molecular complexity index is 414. The maximum atomic E-state index is 12.1. The second kappa shape index (κ2) is 12.2. The molecule has 0 aromatic heterocycles. The van der Waals surface area contributed by atoms with Crippen LogP contribution in [0.5, 0.6) is 0 Å². The molecule has 0 amide bonds. The van der Waals surface area contributed by atoms with Crippen molar-refractivity contribution >= 4 is 11.8 Å². The van der Waals surface area contributed by atoms with Gasteiger partial charge < -0.3 is 10.2 Å². The number of carbonyl (C=O) groups is 2. The average molecular weight is 338 g/mol. The van der Waals surface area contributed by atoms with E-state index in [0.29, 0.717) is 12.2 Å². The van der Waals surface area contributed by atoms with E-state index in [0.717, 1.165) is 57.8 Å². The summed E-state index contributed by atoms with van der Waals surface area (Å²) in [4.78, 5) is 22.5. The Labute approximate surface area is 146 Å². The summed E-state index contributed by atoms with van der Waals surface area (Å²) in [5, 5.41) is 18.7. The average Bonchev–Trinajstić information content (AvgIpc) is 2.89. The minimum Gasteiger partial charge on any atom is -0.481 e. The quantitative estimate of drug-likeness (QED) is 0.357.